The summed E-state index contributed by atoms with van der Waals surface area (Å²) in [5.74, 6) is 0.544. The highest BCUT2D eigenvalue weighted by atomic mass is 16.6. The smallest absolute Gasteiger partial charge is 0.210 e. The lowest BCUT2D eigenvalue weighted by Crippen LogP contribution is -2.07. The van der Waals surface area contributed by atoms with Crippen molar-refractivity contribution in [2.45, 2.75) is 13.2 Å². The molecule has 1 radical (unpaired) electrons. The van der Waals surface area contributed by atoms with Crippen LogP contribution in [0.2, 0.25) is 0 Å². The minimum Gasteiger partial charge on any atom is -0.496 e. The summed E-state index contributed by atoms with van der Waals surface area (Å²) >= 11 is 0. The van der Waals surface area contributed by atoms with Crippen LogP contribution in [0, 0.1) is 11.3 Å². The van der Waals surface area contributed by atoms with E-state index in [9.17, 15) is 5.11 Å². The van der Waals surface area contributed by atoms with Crippen LogP contribution in [0.4, 0.5) is 0 Å². The van der Waals surface area contributed by atoms with Crippen molar-refractivity contribution in [2.75, 3.05) is 7.11 Å². The first-order valence-electron chi connectivity index (χ1n) is 6.22. The van der Waals surface area contributed by atoms with Gasteiger partial charge < -0.3 is 9.84 Å². The van der Waals surface area contributed by atoms with Crippen LogP contribution in [0.5, 0.6) is 11.6 Å². The Morgan fingerprint density at radius 3 is 2.90 bits per heavy atom. The Balaban J connectivity index is 1.87. The van der Waals surface area contributed by atoms with Gasteiger partial charge in [-0.2, -0.15) is 5.26 Å². The van der Waals surface area contributed by atoms with E-state index < -0.39 is 0 Å². The van der Waals surface area contributed by atoms with Crippen LogP contribution in [0.1, 0.15) is 16.7 Å². The molecule has 0 amide bonds. The summed E-state index contributed by atoms with van der Waals surface area (Å²) in [6.07, 6.45) is 1.50. The number of hydrogen-bond donors (Lipinski definition) is 1. The summed E-state index contributed by atoms with van der Waals surface area (Å²) < 4.78 is 5.20. The van der Waals surface area contributed by atoms with Gasteiger partial charge in [-0.15, -0.1) is 0 Å². The average Bonchev–Trinajstić information content (AvgIpc) is 2.51. The van der Waals surface area contributed by atoms with Gasteiger partial charge in [0, 0.05) is 17.8 Å². The van der Waals surface area contributed by atoms with E-state index in [4.69, 9.17) is 14.8 Å². The van der Waals surface area contributed by atoms with Crippen molar-refractivity contribution in [3.05, 3.63) is 53.2 Å². The summed E-state index contributed by atoms with van der Waals surface area (Å²) in [6, 6.07) is 10.4. The first kappa shape index (κ1) is 14.8. The largest absolute Gasteiger partial charge is 0.496 e. The Hall–Kier alpha value is -2.62. The quantitative estimate of drug-likeness (QED) is 0.646. The first-order valence-corrected chi connectivity index (χ1v) is 6.22. The summed E-state index contributed by atoms with van der Waals surface area (Å²) in [5.41, 5.74) is 6.07. The number of nitriles is 1. The van der Waals surface area contributed by atoms with Crippen LogP contribution in [-0.2, 0) is 18.0 Å². The highest BCUT2D eigenvalue weighted by Crippen LogP contribution is 2.20. The summed E-state index contributed by atoms with van der Waals surface area (Å²) in [4.78, 5) is 8.92. The molecule has 1 N–H and O–H groups in total. The molecule has 0 bridgehead atoms. The number of rotatable bonds is 6. The SMILES string of the molecule is COc1cc(C#N)ccc1CO[N]Cc1ccnc(O)c1. The number of hydrogen-bond acceptors (Lipinski definition) is 5. The standard InChI is InChI=1S/C15H14N3O3/c1-20-14-6-11(8-16)2-3-13(14)10-21-18-9-12-4-5-17-15(19)7-12/h2-7H,9-10H2,1H3,(H,17,19). The molecule has 0 spiro atoms. The van der Waals surface area contributed by atoms with E-state index in [-0.39, 0.29) is 12.5 Å². The Morgan fingerprint density at radius 1 is 1.33 bits per heavy atom. The van der Waals surface area contributed by atoms with Gasteiger partial charge in [-0.3, -0.25) is 4.84 Å². The number of aromatic hydroxyl groups is 1. The predicted molar refractivity (Wildman–Crippen MR) is 74.2 cm³/mol. The molecule has 6 nitrogen and oxygen atoms in total. The normalized spacial score (nSPS) is 10.1. The van der Waals surface area contributed by atoms with Crippen molar-refractivity contribution < 1.29 is 14.7 Å². The van der Waals surface area contributed by atoms with E-state index in [0.29, 0.717) is 17.9 Å². The third kappa shape index (κ3) is 4.18. The molecule has 6 heteroatoms. The van der Waals surface area contributed by atoms with Crippen LogP contribution < -0.4 is 10.2 Å². The molecule has 1 aromatic carbocycles. The molecule has 1 aromatic heterocycles. The molecule has 0 aliphatic rings. The van der Waals surface area contributed by atoms with Crippen LogP contribution in [-0.4, -0.2) is 17.2 Å². The van der Waals surface area contributed by atoms with Crippen LogP contribution in [0.15, 0.2) is 36.5 Å². The van der Waals surface area contributed by atoms with E-state index in [1.807, 2.05) is 6.07 Å². The zero-order valence-electron chi connectivity index (χ0n) is 11.5. The highest BCUT2D eigenvalue weighted by molar-refractivity contribution is 5.42. The second kappa shape index (κ2) is 7.24. The van der Waals surface area contributed by atoms with Crippen LogP contribution in [0.3, 0.4) is 0 Å². The lowest BCUT2D eigenvalue weighted by molar-refractivity contribution is 0.0142. The number of benzene rings is 1. The Kier molecular flexibility index (Phi) is 5.10. The van der Waals surface area contributed by atoms with E-state index in [1.165, 1.54) is 19.4 Å². The van der Waals surface area contributed by atoms with Crippen LogP contribution >= 0.6 is 0 Å². The minimum absolute atomic E-state index is 0.0449. The van der Waals surface area contributed by atoms with Gasteiger partial charge in [0.05, 0.1) is 31.9 Å². The number of aromatic nitrogens is 1. The van der Waals surface area contributed by atoms with Gasteiger partial charge in [0.15, 0.2) is 0 Å². The second-order valence-electron chi connectivity index (χ2n) is 4.22. The average molecular weight is 284 g/mol. The topological polar surface area (TPSA) is 89.5 Å². The fraction of sp³-hybridized carbons (Fsp3) is 0.200. The molecule has 0 atom stereocenters. The predicted octanol–water partition coefficient (Wildman–Crippen LogP) is 1.90. The molecule has 1 heterocycles. The zero-order chi connectivity index (χ0) is 15.1. The van der Waals surface area contributed by atoms with Crippen molar-refractivity contribution in [1.29, 1.82) is 5.26 Å². The molecule has 0 aliphatic carbocycles. The molecule has 21 heavy (non-hydrogen) atoms. The molecule has 0 aliphatic heterocycles. The molecule has 2 aromatic rings. The van der Waals surface area contributed by atoms with Crippen molar-refractivity contribution in [1.82, 2.24) is 10.5 Å². The Bertz CT molecular complexity index is 653. The molecule has 0 saturated carbocycles. The monoisotopic (exact) mass is 284 g/mol. The number of methoxy groups -OCH3 is 1. The highest BCUT2D eigenvalue weighted by Gasteiger charge is 2.05. The maximum Gasteiger partial charge on any atom is 0.210 e. The molecule has 0 fully saturated rings. The molecule has 2 rings (SSSR count). The summed E-state index contributed by atoms with van der Waals surface area (Å²) in [7, 11) is 1.54. The Labute approximate surface area is 122 Å². The van der Waals surface area contributed by atoms with Crippen molar-refractivity contribution in [2.24, 2.45) is 0 Å². The van der Waals surface area contributed by atoms with Crippen molar-refractivity contribution in [3.8, 4) is 17.7 Å². The van der Waals surface area contributed by atoms with Gasteiger partial charge in [-0.1, -0.05) is 11.5 Å². The molecule has 0 unspecified atom stereocenters. The number of nitrogens with zero attached hydrogens (tertiary/aromatic N) is 3. The minimum atomic E-state index is -0.0449. The third-order valence-corrected chi connectivity index (χ3v) is 2.78. The summed E-state index contributed by atoms with van der Waals surface area (Å²) in [5, 5.41) is 18.1. The number of pyridine rings is 1. The third-order valence-electron chi connectivity index (χ3n) is 2.78. The zero-order valence-corrected chi connectivity index (χ0v) is 11.5. The lowest BCUT2D eigenvalue weighted by Gasteiger charge is -2.09. The van der Waals surface area contributed by atoms with Gasteiger partial charge in [-0.05, 0) is 23.8 Å². The lowest BCUT2D eigenvalue weighted by atomic mass is 10.1. The van der Waals surface area contributed by atoms with Gasteiger partial charge >= 0.3 is 0 Å². The molecular formula is C15H14N3O3. The molecule has 0 saturated heterocycles. The molecular weight excluding hydrogens is 270 g/mol. The first-order chi connectivity index (χ1) is 10.2. The fourth-order valence-corrected chi connectivity index (χ4v) is 1.73. The molecule has 107 valence electrons. The van der Waals surface area contributed by atoms with Gasteiger partial charge in [0.1, 0.15) is 5.75 Å². The van der Waals surface area contributed by atoms with E-state index in [0.717, 1.165) is 11.1 Å². The van der Waals surface area contributed by atoms with Gasteiger partial charge in [0.2, 0.25) is 5.88 Å². The number of hydroxylamine groups is 1. The van der Waals surface area contributed by atoms with E-state index in [2.05, 4.69) is 10.5 Å². The van der Waals surface area contributed by atoms with Gasteiger partial charge in [-0.25, -0.2) is 4.98 Å². The fourth-order valence-electron chi connectivity index (χ4n) is 1.73. The summed E-state index contributed by atoms with van der Waals surface area (Å²) in [6.45, 7) is 0.556. The van der Waals surface area contributed by atoms with Gasteiger partial charge in [0.25, 0.3) is 0 Å². The maximum atomic E-state index is 9.23. The van der Waals surface area contributed by atoms with Crippen molar-refractivity contribution >= 4 is 0 Å². The van der Waals surface area contributed by atoms with Crippen LogP contribution in [0.25, 0.3) is 0 Å². The van der Waals surface area contributed by atoms with E-state index >= 15 is 0 Å². The second-order valence-corrected chi connectivity index (χ2v) is 4.22. The number of ether oxygens (including phenoxy) is 1. The Morgan fingerprint density at radius 2 is 2.19 bits per heavy atom. The van der Waals surface area contributed by atoms with E-state index in [1.54, 1.807) is 24.3 Å². The van der Waals surface area contributed by atoms with Crippen molar-refractivity contribution in [3.63, 3.8) is 0 Å². The maximum absolute atomic E-state index is 9.23.